The third-order valence-corrected chi connectivity index (χ3v) is 5.12. The lowest BCUT2D eigenvalue weighted by molar-refractivity contribution is 0.860. The van der Waals surface area contributed by atoms with Crippen LogP contribution >= 0.6 is 27.3 Å². The molecule has 0 bridgehead atoms. The largest absolute Gasteiger partial charge is 0.370 e. The summed E-state index contributed by atoms with van der Waals surface area (Å²) in [7, 11) is 2.09. The Balaban J connectivity index is 1.81. The van der Waals surface area contributed by atoms with Crippen molar-refractivity contribution in [2.75, 3.05) is 23.8 Å². The van der Waals surface area contributed by atoms with E-state index in [1.807, 2.05) is 6.07 Å². The van der Waals surface area contributed by atoms with Gasteiger partial charge in [0.25, 0.3) is 0 Å². The Bertz CT molecular complexity index is 624. The summed E-state index contributed by atoms with van der Waals surface area (Å²) in [6.07, 6.45) is 2.44. The molecule has 6 heteroatoms. The van der Waals surface area contributed by atoms with Crippen LogP contribution in [0.1, 0.15) is 36.4 Å². The summed E-state index contributed by atoms with van der Waals surface area (Å²) in [4.78, 5) is 12.9. The van der Waals surface area contributed by atoms with Crippen molar-refractivity contribution in [1.82, 2.24) is 9.97 Å². The van der Waals surface area contributed by atoms with E-state index in [0.717, 1.165) is 35.0 Å². The first-order chi connectivity index (χ1) is 10.2. The topological polar surface area (TPSA) is 41.0 Å². The Morgan fingerprint density at radius 2 is 2.19 bits per heavy atom. The predicted molar refractivity (Wildman–Crippen MR) is 92.3 cm³/mol. The zero-order valence-electron chi connectivity index (χ0n) is 12.3. The van der Waals surface area contributed by atoms with Crippen LogP contribution in [0.25, 0.3) is 0 Å². The number of thiophene rings is 1. The van der Waals surface area contributed by atoms with Crippen molar-refractivity contribution in [1.29, 1.82) is 0 Å². The second kappa shape index (κ2) is 6.32. The summed E-state index contributed by atoms with van der Waals surface area (Å²) in [5.41, 5.74) is 0. The fourth-order valence-electron chi connectivity index (χ4n) is 2.20. The van der Waals surface area contributed by atoms with Crippen molar-refractivity contribution in [2.45, 2.75) is 32.2 Å². The number of aromatic nitrogens is 2. The summed E-state index contributed by atoms with van der Waals surface area (Å²) in [6, 6.07) is 4.20. The summed E-state index contributed by atoms with van der Waals surface area (Å²) < 4.78 is 1.14. The molecule has 0 spiro atoms. The van der Waals surface area contributed by atoms with Crippen molar-refractivity contribution < 1.29 is 0 Å². The number of halogens is 1. The van der Waals surface area contributed by atoms with E-state index >= 15 is 0 Å². The van der Waals surface area contributed by atoms with E-state index in [9.17, 15) is 0 Å². The van der Waals surface area contributed by atoms with Gasteiger partial charge >= 0.3 is 0 Å². The SMILES string of the molecule is CCNc1cc(N(C)Cc2cc(Br)cs2)nc(C2CC2)n1. The average molecular weight is 367 g/mol. The Morgan fingerprint density at radius 3 is 2.81 bits per heavy atom. The second-order valence-corrected chi connectivity index (χ2v) is 7.27. The Kier molecular flexibility index (Phi) is 4.45. The van der Waals surface area contributed by atoms with Crippen LogP contribution in [0.2, 0.25) is 0 Å². The van der Waals surface area contributed by atoms with E-state index in [1.165, 1.54) is 17.7 Å². The normalized spacial score (nSPS) is 14.2. The molecular weight excluding hydrogens is 348 g/mol. The van der Waals surface area contributed by atoms with Gasteiger partial charge < -0.3 is 10.2 Å². The molecule has 2 aromatic rings. The molecule has 0 unspecified atom stereocenters. The molecule has 0 saturated heterocycles. The average Bonchev–Trinajstić information content (AvgIpc) is 3.23. The zero-order chi connectivity index (χ0) is 14.8. The maximum Gasteiger partial charge on any atom is 0.136 e. The van der Waals surface area contributed by atoms with Crippen molar-refractivity contribution in [3.05, 3.63) is 32.7 Å². The lowest BCUT2D eigenvalue weighted by Gasteiger charge is -2.19. The van der Waals surface area contributed by atoms with Gasteiger partial charge in [-0.05, 0) is 41.8 Å². The Labute approximate surface area is 137 Å². The minimum Gasteiger partial charge on any atom is -0.370 e. The third-order valence-electron chi connectivity index (χ3n) is 3.44. The molecule has 0 aliphatic heterocycles. The first-order valence-corrected chi connectivity index (χ1v) is 8.90. The van der Waals surface area contributed by atoms with E-state index in [2.05, 4.69) is 56.5 Å². The molecule has 0 amide bonds. The van der Waals surface area contributed by atoms with Crippen molar-refractivity contribution in [3.8, 4) is 0 Å². The lowest BCUT2D eigenvalue weighted by atomic mass is 10.3. The molecule has 0 radical (unpaired) electrons. The number of nitrogens with one attached hydrogen (secondary N) is 1. The molecule has 1 saturated carbocycles. The van der Waals surface area contributed by atoms with Crippen LogP contribution in [0.3, 0.4) is 0 Å². The molecule has 1 N–H and O–H groups in total. The van der Waals surface area contributed by atoms with Gasteiger partial charge in [-0.3, -0.25) is 0 Å². The quantitative estimate of drug-likeness (QED) is 0.829. The standard InChI is InChI=1S/C15H19BrN4S/c1-3-17-13-7-14(19-15(18-13)10-4-5-10)20(2)8-12-6-11(16)9-21-12/h6-7,9-10H,3-5,8H2,1-2H3,(H,17,18,19). The molecule has 3 rings (SSSR count). The molecule has 1 aliphatic rings. The minimum absolute atomic E-state index is 0.562. The van der Waals surface area contributed by atoms with Crippen LogP contribution in [0, 0.1) is 0 Å². The van der Waals surface area contributed by atoms with E-state index in [-0.39, 0.29) is 0 Å². The molecule has 21 heavy (non-hydrogen) atoms. The summed E-state index contributed by atoms with van der Waals surface area (Å²) >= 11 is 5.27. The van der Waals surface area contributed by atoms with Gasteiger partial charge in [0.15, 0.2) is 0 Å². The van der Waals surface area contributed by atoms with Crippen LogP contribution in [0.5, 0.6) is 0 Å². The van der Waals surface area contributed by atoms with Gasteiger partial charge in [-0.2, -0.15) is 0 Å². The summed E-state index contributed by atoms with van der Waals surface area (Å²) in [5, 5.41) is 5.43. The summed E-state index contributed by atoms with van der Waals surface area (Å²) in [5.74, 6) is 3.48. The number of nitrogens with zero attached hydrogens (tertiary/aromatic N) is 3. The highest BCUT2D eigenvalue weighted by Crippen LogP contribution is 2.39. The fourth-order valence-corrected chi connectivity index (χ4v) is 3.70. The molecular formula is C15H19BrN4S. The Morgan fingerprint density at radius 1 is 1.38 bits per heavy atom. The second-order valence-electron chi connectivity index (χ2n) is 5.36. The number of rotatable bonds is 6. The number of anilines is 2. The van der Waals surface area contributed by atoms with Gasteiger partial charge in [-0.15, -0.1) is 11.3 Å². The van der Waals surface area contributed by atoms with Crippen molar-refractivity contribution in [2.24, 2.45) is 0 Å². The maximum absolute atomic E-state index is 4.75. The van der Waals surface area contributed by atoms with E-state index < -0.39 is 0 Å². The molecule has 0 atom stereocenters. The Hall–Kier alpha value is -1.14. The van der Waals surface area contributed by atoms with Crippen LogP contribution in [0.4, 0.5) is 11.6 Å². The van der Waals surface area contributed by atoms with E-state index in [1.54, 1.807) is 11.3 Å². The van der Waals surface area contributed by atoms with Gasteiger partial charge in [-0.1, -0.05) is 0 Å². The molecule has 0 aromatic carbocycles. The highest BCUT2D eigenvalue weighted by molar-refractivity contribution is 9.10. The minimum atomic E-state index is 0.562. The fraction of sp³-hybridized carbons (Fsp3) is 0.467. The van der Waals surface area contributed by atoms with Crippen molar-refractivity contribution in [3.63, 3.8) is 0 Å². The van der Waals surface area contributed by atoms with Crippen LogP contribution in [-0.2, 0) is 6.54 Å². The molecule has 1 fully saturated rings. The van der Waals surface area contributed by atoms with Gasteiger partial charge in [0.2, 0.25) is 0 Å². The highest BCUT2D eigenvalue weighted by Gasteiger charge is 2.27. The monoisotopic (exact) mass is 366 g/mol. The van der Waals surface area contributed by atoms with Gasteiger partial charge in [0.1, 0.15) is 17.5 Å². The summed E-state index contributed by atoms with van der Waals surface area (Å²) in [6.45, 7) is 3.83. The molecule has 2 heterocycles. The third kappa shape index (κ3) is 3.74. The molecule has 112 valence electrons. The molecule has 2 aromatic heterocycles. The zero-order valence-corrected chi connectivity index (χ0v) is 14.7. The van der Waals surface area contributed by atoms with E-state index in [0.29, 0.717) is 5.92 Å². The predicted octanol–water partition coefficient (Wildman–Crippen LogP) is 4.25. The first-order valence-electron chi connectivity index (χ1n) is 7.22. The van der Waals surface area contributed by atoms with Crippen LogP contribution in [0.15, 0.2) is 22.0 Å². The van der Waals surface area contributed by atoms with Crippen LogP contribution in [-0.4, -0.2) is 23.6 Å². The first kappa shape index (κ1) is 14.8. The molecule has 4 nitrogen and oxygen atoms in total. The van der Waals surface area contributed by atoms with Gasteiger partial charge in [-0.25, -0.2) is 9.97 Å². The smallest absolute Gasteiger partial charge is 0.136 e. The lowest BCUT2D eigenvalue weighted by Crippen LogP contribution is -2.18. The van der Waals surface area contributed by atoms with E-state index in [4.69, 9.17) is 4.98 Å². The van der Waals surface area contributed by atoms with Gasteiger partial charge in [0, 0.05) is 40.3 Å². The molecule has 1 aliphatic carbocycles. The van der Waals surface area contributed by atoms with Crippen molar-refractivity contribution >= 4 is 38.9 Å². The van der Waals surface area contributed by atoms with Gasteiger partial charge in [0.05, 0.1) is 6.54 Å². The maximum atomic E-state index is 4.75. The highest BCUT2D eigenvalue weighted by atomic mass is 79.9. The van der Waals surface area contributed by atoms with Crippen LogP contribution < -0.4 is 10.2 Å². The number of hydrogen-bond donors (Lipinski definition) is 1. The number of hydrogen-bond acceptors (Lipinski definition) is 5.